The van der Waals surface area contributed by atoms with Gasteiger partial charge in [0.1, 0.15) is 10.1 Å². The van der Waals surface area contributed by atoms with E-state index in [1.165, 1.54) is 40.1 Å². The minimum absolute atomic E-state index is 0.0175. The SMILES string of the molecule is CCC1SC(=S)N(CCC(=O)Nc2ncc(Cc3ccc(F)cc3)s2)C1=O. The maximum atomic E-state index is 13.0. The fourth-order valence-corrected chi connectivity index (χ4v) is 4.94. The van der Waals surface area contributed by atoms with Crippen LogP contribution >= 0.6 is 35.3 Å². The van der Waals surface area contributed by atoms with Gasteiger partial charge in [-0.25, -0.2) is 9.37 Å². The molecule has 0 aliphatic carbocycles. The summed E-state index contributed by atoms with van der Waals surface area (Å²) in [5, 5.41) is 3.13. The maximum absolute atomic E-state index is 13.0. The second kappa shape index (κ2) is 8.90. The summed E-state index contributed by atoms with van der Waals surface area (Å²) in [7, 11) is 0. The Hall–Kier alpha value is -1.84. The first kappa shape index (κ1) is 19.9. The fraction of sp³-hybridized carbons (Fsp3) is 0.333. The number of amides is 2. The lowest BCUT2D eigenvalue weighted by Gasteiger charge is -2.14. The number of benzene rings is 1. The zero-order valence-electron chi connectivity index (χ0n) is 14.6. The molecule has 0 saturated carbocycles. The third-order valence-electron chi connectivity index (χ3n) is 4.03. The molecule has 2 heterocycles. The second-order valence-electron chi connectivity index (χ2n) is 6.00. The molecule has 1 saturated heterocycles. The monoisotopic (exact) mass is 423 g/mol. The first-order chi connectivity index (χ1) is 13.0. The number of anilines is 1. The van der Waals surface area contributed by atoms with E-state index >= 15 is 0 Å². The molecule has 1 aromatic heterocycles. The molecule has 1 unspecified atom stereocenters. The van der Waals surface area contributed by atoms with Crippen molar-refractivity contribution in [1.82, 2.24) is 9.88 Å². The quantitative estimate of drug-likeness (QED) is 0.686. The zero-order valence-corrected chi connectivity index (χ0v) is 17.1. The predicted molar refractivity (Wildman–Crippen MR) is 111 cm³/mol. The summed E-state index contributed by atoms with van der Waals surface area (Å²) in [6.07, 6.45) is 3.21. The van der Waals surface area contributed by atoms with Crippen LogP contribution in [-0.4, -0.2) is 37.8 Å². The van der Waals surface area contributed by atoms with Crippen LogP contribution in [0.15, 0.2) is 30.5 Å². The summed E-state index contributed by atoms with van der Waals surface area (Å²) in [6, 6.07) is 6.30. The highest BCUT2D eigenvalue weighted by molar-refractivity contribution is 8.24. The minimum Gasteiger partial charge on any atom is -0.302 e. The number of halogens is 1. The van der Waals surface area contributed by atoms with E-state index in [0.29, 0.717) is 15.9 Å². The van der Waals surface area contributed by atoms with Crippen LogP contribution in [-0.2, 0) is 16.0 Å². The Kier molecular flexibility index (Phi) is 6.56. The number of aromatic nitrogens is 1. The molecule has 1 aliphatic heterocycles. The highest BCUT2D eigenvalue weighted by Crippen LogP contribution is 2.29. The first-order valence-corrected chi connectivity index (χ1v) is 10.6. The molecule has 0 spiro atoms. The van der Waals surface area contributed by atoms with Gasteiger partial charge in [0.05, 0.1) is 5.25 Å². The molecule has 1 aromatic carbocycles. The molecule has 0 bridgehead atoms. The van der Waals surface area contributed by atoms with Gasteiger partial charge in [-0.3, -0.25) is 14.5 Å². The number of carbonyl (C=O) groups is 2. The molecule has 1 atom stereocenters. The topological polar surface area (TPSA) is 62.3 Å². The van der Waals surface area contributed by atoms with Crippen LogP contribution in [0.3, 0.4) is 0 Å². The maximum Gasteiger partial charge on any atom is 0.241 e. The van der Waals surface area contributed by atoms with E-state index < -0.39 is 0 Å². The molecule has 0 radical (unpaired) electrons. The lowest BCUT2D eigenvalue weighted by Crippen LogP contribution is -2.33. The number of carbonyl (C=O) groups excluding carboxylic acids is 2. The largest absolute Gasteiger partial charge is 0.302 e. The summed E-state index contributed by atoms with van der Waals surface area (Å²) >= 11 is 7.98. The molecule has 9 heteroatoms. The highest BCUT2D eigenvalue weighted by Gasteiger charge is 2.35. The van der Waals surface area contributed by atoms with Crippen LogP contribution in [0, 0.1) is 5.82 Å². The third-order valence-corrected chi connectivity index (χ3v) is 6.69. The van der Waals surface area contributed by atoms with Crippen LogP contribution in [0.2, 0.25) is 0 Å². The van der Waals surface area contributed by atoms with Crippen molar-refractivity contribution in [3.63, 3.8) is 0 Å². The van der Waals surface area contributed by atoms with Gasteiger partial charge in [-0.15, -0.1) is 11.3 Å². The van der Waals surface area contributed by atoms with E-state index in [0.717, 1.165) is 16.9 Å². The number of thioether (sulfide) groups is 1. The van der Waals surface area contributed by atoms with Gasteiger partial charge in [0, 0.05) is 30.5 Å². The Morgan fingerprint density at radius 1 is 1.37 bits per heavy atom. The number of hydrogen-bond donors (Lipinski definition) is 1. The van der Waals surface area contributed by atoms with Crippen molar-refractivity contribution in [2.75, 3.05) is 11.9 Å². The molecule has 1 aliphatic rings. The molecule has 2 amide bonds. The predicted octanol–water partition coefficient (Wildman–Crippen LogP) is 3.84. The fourth-order valence-electron chi connectivity index (χ4n) is 2.60. The molecule has 5 nitrogen and oxygen atoms in total. The minimum atomic E-state index is -0.268. The third kappa shape index (κ3) is 5.12. The Morgan fingerprint density at radius 2 is 2.11 bits per heavy atom. The van der Waals surface area contributed by atoms with Gasteiger partial charge in [-0.05, 0) is 24.1 Å². The Morgan fingerprint density at radius 3 is 2.78 bits per heavy atom. The van der Waals surface area contributed by atoms with E-state index in [4.69, 9.17) is 12.2 Å². The highest BCUT2D eigenvalue weighted by atomic mass is 32.2. The van der Waals surface area contributed by atoms with Crippen molar-refractivity contribution in [1.29, 1.82) is 0 Å². The number of thiazole rings is 1. The van der Waals surface area contributed by atoms with E-state index in [9.17, 15) is 14.0 Å². The molecule has 2 aromatic rings. The number of nitrogens with zero attached hydrogens (tertiary/aromatic N) is 2. The van der Waals surface area contributed by atoms with Crippen molar-refractivity contribution >= 4 is 56.6 Å². The molecular formula is C18H18FN3O2S3. The lowest BCUT2D eigenvalue weighted by atomic mass is 10.1. The van der Waals surface area contributed by atoms with Crippen molar-refractivity contribution in [2.45, 2.75) is 31.4 Å². The van der Waals surface area contributed by atoms with E-state index in [2.05, 4.69) is 10.3 Å². The molecule has 1 fully saturated rings. The van der Waals surface area contributed by atoms with E-state index in [1.807, 2.05) is 6.92 Å². The van der Waals surface area contributed by atoms with Crippen molar-refractivity contribution in [3.05, 3.63) is 46.7 Å². The van der Waals surface area contributed by atoms with Crippen LogP contribution in [0.1, 0.15) is 30.2 Å². The summed E-state index contributed by atoms with van der Waals surface area (Å²) in [6.45, 7) is 2.22. The van der Waals surface area contributed by atoms with Gasteiger partial charge in [-0.1, -0.05) is 43.0 Å². The Balaban J connectivity index is 1.50. The average molecular weight is 424 g/mol. The molecule has 142 valence electrons. The Bertz CT molecular complexity index is 854. The van der Waals surface area contributed by atoms with E-state index in [1.54, 1.807) is 18.3 Å². The zero-order chi connectivity index (χ0) is 19.4. The number of rotatable bonds is 7. The number of hydrogen-bond acceptors (Lipinski definition) is 6. The summed E-state index contributed by atoms with van der Waals surface area (Å²) in [4.78, 5) is 31.0. The number of nitrogens with one attached hydrogen (secondary N) is 1. The van der Waals surface area contributed by atoms with Crippen molar-refractivity contribution < 1.29 is 14.0 Å². The second-order valence-corrected chi connectivity index (χ2v) is 8.96. The standard InChI is InChI=1S/C18H18FN3O2S3/c1-2-14-16(24)22(18(25)27-14)8-7-15(23)21-17-20-10-13(26-17)9-11-3-5-12(19)6-4-11/h3-6,10,14H,2,7-9H2,1H3,(H,20,21,23). The van der Waals surface area contributed by atoms with Gasteiger partial charge in [0.15, 0.2) is 5.13 Å². The van der Waals surface area contributed by atoms with E-state index in [-0.39, 0.29) is 35.8 Å². The van der Waals surface area contributed by atoms with Gasteiger partial charge < -0.3 is 5.32 Å². The van der Waals surface area contributed by atoms with Gasteiger partial charge in [-0.2, -0.15) is 0 Å². The average Bonchev–Trinajstić information content (AvgIpc) is 3.19. The van der Waals surface area contributed by atoms with Crippen LogP contribution < -0.4 is 5.32 Å². The molecule has 1 N–H and O–H groups in total. The van der Waals surface area contributed by atoms with Crippen molar-refractivity contribution in [2.24, 2.45) is 0 Å². The normalized spacial score (nSPS) is 16.8. The van der Waals surface area contributed by atoms with Gasteiger partial charge in [0.25, 0.3) is 0 Å². The van der Waals surface area contributed by atoms with Crippen LogP contribution in [0.4, 0.5) is 9.52 Å². The smallest absolute Gasteiger partial charge is 0.241 e. The summed E-state index contributed by atoms with van der Waals surface area (Å²) < 4.78 is 13.5. The van der Waals surface area contributed by atoms with Crippen LogP contribution in [0.25, 0.3) is 0 Å². The van der Waals surface area contributed by atoms with Crippen LogP contribution in [0.5, 0.6) is 0 Å². The van der Waals surface area contributed by atoms with Gasteiger partial charge in [0.2, 0.25) is 11.8 Å². The first-order valence-electron chi connectivity index (χ1n) is 8.47. The lowest BCUT2D eigenvalue weighted by molar-refractivity contribution is -0.126. The molecule has 27 heavy (non-hydrogen) atoms. The summed E-state index contributed by atoms with van der Waals surface area (Å²) in [5.41, 5.74) is 0.974. The Labute approximate surface area is 170 Å². The van der Waals surface area contributed by atoms with Gasteiger partial charge >= 0.3 is 0 Å². The van der Waals surface area contributed by atoms with Crippen molar-refractivity contribution in [3.8, 4) is 0 Å². The molecular weight excluding hydrogens is 405 g/mol. The number of thiocarbonyl (C=S) groups is 1. The summed E-state index contributed by atoms with van der Waals surface area (Å²) in [5.74, 6) is -0.495. The molecule has 3 rings (SSSR count).